The molecule has 1 aromatic carbocycles. The summed E-state index contributed by atoms with van der Waals surface area (Å²) in [6.07, 6.45) is 1.32. The van der Waals surface area contributed by atoms with Gasteiger partial charge in [-0.15, -0.1) is 0 Å². The van der Waals surface area contributed by atoms with Gasteiger partial charge in [0.05, 0.1) is 12.1 Å². The van der Waals surface area contributed by atoms with E-state index in [9.17, 15) is 13.2 Å². The smallest absolute Gasteiger partial charge is 0.264 e. The number of nitrogens with one attached hydrogen (secondary N) is 1. The van der Waals surface area contributed by atoms with E-state index in [1.807, 2.05) is 0 Å². The lowest BCUT2D eigenvalue weighted by molar-refractivity contribution is -0.117. The Hall–Kier alpha value is -2.12. The first-order valence-corrected chi connectivity index (χ1v) is 7.76. The van der Waals surface area contributed by atoms with Gasteiger partial charge < -0.3 is 5.73 Å². The Balaban J connectivity index is 2.38. The minimum absolute atomic E-state index is 0.0700. The number of hydrogen-bond donors (Lipinski definition) is 2. The molecule has 2 rings (SSSR count). The Morgan fingerprint density at radius 2 is 1.95 bits per heavy atom. The molecule has 0 radical (unpaired) electrons. The number of amides is 1. The molecule has 3 N–H and O–H groups in total. The van der Waals surface area contributed by atoms with Crippen LogP contribution in [0.15, 0.2) is 47.5 Å². The molecule has 1 aromatic heterocycles. The van der Waals surface area contributed by atoms with Crippen LogP contribution >= 0.6 is 11.6 Å². The third kappa shape index (κ3) is 3.71. The van der Waals surface area contributed by atoms with Gasteiger partial charge in [-0.05, 0) is 23.8 Å². The van der Waals surface area contributed by atoms with Crippen molar-refractivity contribution in [3.05, 3.63) is 53.3 Å². The number of hydrogen-bond acceptors (Lipinski definition) is 4. The predicted octanol–water partition coefficient (Wildman–Crippen LogP) is 1.56. The second-order valence-electron chi connectivity index (χ2n) is 4.20. The van der Waals surface area contributed by atoms with E-state index in [1.165, 1.54) is 18.3 Å². The highest BCUT2D eigenvalue weighted by molar-refractivity contribution is 7.92. The van der Waals surface area contributed by atoms with Crippen molar-refractivity contribution in [2.45, 2.75) is 11.3 Å². The summed E-state index contributed by atoms with van der Waals surface area (Å²) >= 11 is 5.79. The van der Waals surface area contributed by atoms with Crippen LogP contribution in [-0.2, 0) is 21.2 Å². The Morgan fingerprint density at radius 1 is 1.24 bits per heavy atom. The van der Waals surface area contributed by atoms with Crippen LogP contribution in [-0.4, -0.2) is 19.3 Å². The number of pyridine rings is 1. The average Bonchev–Trinajstić information content (AvgIpc) is 2.40. The first kappa shape index (κ1) is 15.3. The van der Waals surface area contributed by atoms with Crippen LogP contribution < -0.4 is 10.5 Å². The molecular weight excluding hydrogens is 314 g/mol. The van der Waals surface area contributed by atoms with Gasteiger partial charge in [-0.3, -0.25) is 9.52 Å². The Morgan fingerprint density at radius 3 is 2.62 bits per heavy atom. The molecule has 0 aliphatic heterocycles. The second kappa shape index (κ2) is 6.11. The van der Waals surface area contributed by atoms with Crippen LogP contribution in [0.4, 0.5) is 5.69 Å². The molecule has 0 bridgehead atoms. The van der Waals surface area contributed by atoms with Crippen molar-refractivity contribution < 1.29 is 13.2 Å². The third-order valence-corrected chi connectivity index (χ3v) is 4.45. The number of carbonyl (C=O) groups excluding carboxylic acids is 1. The van der Waals surface area contributed by atoms with E-state index in [0.29, 0.717) is 5.56 Å². The molecule has 1 amide bonds. The summed E-state index contributed by atoms with van der Waals surface area (Å²) in [7, 11) is -3.90. The standard InChI is InChI=1S/C13H12ClN3O3S/c14-13-11(6-3-7-16-13)21(19,20)17-10-5-2-1-4-9(10)8-12(15)18/h1-7,17H,8H2,(H2,15,18). The molecule has 2 aromatic rings. The van der Waals surface area contributed by atoms with Crippen molar-refractivity contribution in [2.75, 3.05) is 4.72 Å². The fourth-order valence-electron chi connectivity index (χ4n) is 1.73. The van der Waals surface area contributed by atoms with Crippen molar-refractivity contribution >= 4 is 33.2 Å². The third-order valence-electron chi connectivity index (χ3n) is 2.64. The summed E-state index contributed by atoms with van der Waals surface area (Å²) in [4.78, 5) is 14.6. The number of rotatable bonds is 5. The van der Waals surface area contributed by atoms with Crippen molar-refractivity contribution in [3.8, 4) is 0 Å². The van der Waals surface area contributed by atoms with Gasteiger partial charge in [0, 0.05) is 6.20 Å². The van der Waals surface area contributed by atoms with Gasteiger partial charge >= 0.3 is 0 Å². The molecule has 110 valence electrons. The first-order valence-electron chi connectivity index (χ1n) is 5.89. The SMILES string of the molecule is NC(=O)Cc1ccccc1NS(=O)(=O)c1cccnc1Cl. The summed E-state index contributed by atoms with van der Waals surface area (Å²) < 4.78 is 27.0. The van der Waals surface area contributed by atoms with E-state index in [2.05, 4.69) is 9.71 Å². The highest BCUT2D eigenvalue weighted by Crippen LogP contribution is 2.23. The van der Waals surface area contributed by atoms with Gasteiger partial charge in [0.25, 0.3) is 10.0 Å². The summed E-state index contributed by atoms with van der Waals surface area (Å²) in [6, 6.07) is 9.30. The monoisotopic (exact) mass is 325 g/mol. The second-order valence-corrected chi connectivity index (χ2v) is 6.21. The van der Waals surface area contributed by atoms with E-state index < -0.39 is 15.9 Å². The predicted molar refractivity (Wildman–Crippen MR) is 79.4 cm³/mol. The topological polar surface area (TPSA) is 102 Å². The van der Waals surface area contributed by atoms with Gasteiger partial charge in [-0.2, -0.15) is 0 Å². The molecule has 0 spiro atoms. The van der Waals surface area contributed by atoms with Crippen LogP contribution in [0.5, 0.6) is 0 Å². The van der Waals surface area contributed by atoms with E-state index in [4.69, 9.17) is 17.3 Å². The maximum Gasteiger partial charge on any atom is 0.264 e. The highest BCUT2D eigenvalue weighted by Gasteiger charge is 2.19. The molecular formula is C13H12ClN3O3S. The molecule has 21 heavy (non-hydrogen) atoms. The Kier molecular flexibility index (Phi) is 4.44. The van der Waals surface area contributed by atoms with Gasteiger partial charge in [0.15, 0.2) is 0 Å². The van der Waals surface area contributed by atoms with Crippen LogP contribution in [0.25, 0.3) is 0 Å². The van der Waals surface area contributed by atoms with Gasteiger partial charge in [0.2, 0.25) is 5.91 Å². The number of benzene rings is 1. The molecule has 8 heteroatoms. The molecule has 0 atom stereocenters. The number of sulfonamides is 1. The normalized spacial score (nSPS) is 11.1. The highest BCUT2D eigenvalue weighted by atomic mass is 35.5. The first-order chi connectivity index (χ1) is 9.90. The minimum Gasteiger partial charge on any atom is -0.369 e. The molecule has 6 nitrogen and oxygen atoms in total. The molecule has 0 saturated carbocycles. The number of nitrogens with two attached hydrogens (primary N) is 1. The lowest BCUT2D eigenvalue weighted by Gasteiger charge is -2.12. The van der Waals surface area contributed by atoms with Crippen molar-refractivity contribution in [2.24, 2.45) is 5.73 Å². The largest absolute Gasteiger partial charge is 0.369 e. The van der Waals surface area contributed by atoms with Crippen LogP contribution in [0.1, 0.15) is 5.56 Å². The van der Waals surface area contributed by atoms with Gasteiger partial charge in [-0.1, -0.05) is 29.8 Å². The van der Waals surface area contributed by atoms with E-state index in [0.717, 1.165) is 0 Å². The number of aromatic nitrogens is 1. The van der Waals surface area contributed by atoms with Crippen LogP contribution in [0.3, 0.4) is 0 Å². The molecule has 1 heterocycles. The summed E-state index contributed by atoms with van der Waals surface area (Å²) in [5, 5.41) is -0.127. The minimum atomic E-state index is -3.90. The summed E-state index contributed by atoms with van der Waals surface area (Å²) in [5.74, 6) is -0.555. The van der Waals surface area contributed by atoms with Gasteiger partial charge in [0.1, 0.15) is 10.0 Å². The quantitative estimate of drug-likeness (QED) is 0.814. The van der Waals surface area contributed by atoms with Crippen LogP contribution in [0, 0.1) is 0 Å². The molecule has 0 saturated heterocycles. The fourth-order valence-corrected chi connectivity index (χ4v) is 3.29. The van der Waals surface area contributed by atoms with Crippen LogP contribution in [0.2, 0.25) is 5.15 Å². The van der Waals surface area contributed by atoms with Crippen molar-refractivity contribution in [3.63, 3.8) is 0 Å². The number of primary amides is 1. The maximum absolute atomic E-state index is 12.3. The number of para-hydroxylation sites is 1. The summed E-state index contributed by atoms with van der Waals surface area (Å²) in [5.41, 5.74) is 5.90. The molecule has 0 aliphatic rings. The molecule has 0 fully saturated rings. The van der Waals surface area contributed by atoms with Gasteiger partial charge in [-0.25, -0.2) is 13.4 Å². The van der Waals surface area contributed by atoms with E-state index in [1.54, 1.807) is 24.3 Å². The van der Waals surface area contributed by atoms with E-state index in [-0.39, 0.29) is 22.2 Å². The lowest BCUT2D eigenvalue weighted by atomic mass is 10.1. The van der Waals surface area contributed by atoms with E-state index >= 15 is 0 Å². The summed E-state index contributed by atoms with van der Waals surface area (Å²) in [6.45, 7) is 0. The number of nitrogens with zero attached hydrogens (tertiary/aromatic N) is 1. The molecule has 0 unspecified atom stereocenters. The Bertz CT molecular complexity index is 778. The maximum atomic E-state index is 12.3. The number of carbonyl (C=O) groups is 1. The zero-order valence-electron chi connectivity index (χ0n) is 10.8. The zero-order valence-corrected chi connectivity index (χ0v) is 12.4. The average molecular weight is 326 g/mol. The molecule has 0 aliphatic carbocycles. The van der Waals surface area contributed by atoms with Crippen molar-refractivity contribution in [1.29, 1.82) is 0 Å². The number of halogens is 1. The Labute approximate surface area is 127 Å². The number of anilines is 1. The zero-order chi connectivity index (χ0) is 15.5. The van der Waals surface area contributed by atoms with Crippen molar-refractivity contribution in [1.82, 2.24) is 4.98 Å². The lowest BCUT2D eigenvalue weighted by Crippen LogP contribution is -2.18. The fraction of sp³-hybridized carbons (Fsp3) is 0.0769.